The zero-order chi connectivity index (χ0) is 22.7. The smallest absolute Gasteiger partial charge is 0.240 e. The second kappa shape index (κ2) is 9.48. The first-order valence-corrected chi connectivity index (χ1v) is 12.2. The Labute approximate surface area is 187 Å². The summed E-state index contributed by atoms with van der Waals surface area (Å²) in [5.74, 6) is 0.839. The number of aromatic nitrogens is 2. The fraction of sp³-hybridized carbons (Fsp3) is 0.391. The zero-order valence-electron chi connectivity index (χ0n) is 18.2. The number of nitrogens with zero attached hydrogens (tertiary/aromatic N) is 3. The van der Waals surface area contributed by atoms with Gasteiger partial charge in [0.05, 0.1) is 4.90 Å². The van der Waals surface area contributed by atoms with E-state index in [1.807, 2.05) is 12.1 Å². The van der Waals surface area contributed by atoms with Crippen LogP contribution < -0.4 is 4.72 Å². The Bertz CT molecular complexity index is 1190. The van der Waals surface area contributed by atoms with Crippen molar-refractivity contribution < 1.29 is 17.3 Å². The molecule has 0 radical (unpaired) electrons. The summed E-state index contributed by atoms with van der Waals surface area (Å²) in [5.41, 5.74) is 1.94. The van der Waals surface area contributed by atoms with E-state index in [-0.39, 0.29) is 16.6 Å². The fourth-order valence-corrected chi connectivity index (χ4v) is 5.35. The molecule has 1 aliphatic rings. The van der Waals surface area contributed by atoms with Crippen molar-refractivity contribution in [1.29, 1.82) is 0 Å². The molecule has 0 atom stereocenters. The minimum atomic E-state index is -3.68. The van der Waals surface area contributed by atoms with Crippen LogP contribution in [-0.2, 0) is 16.6 Å². The van der Waals surface area contributed by atoms with Gasteiger partial charge in [-0.3, -0.25) is 4.90 Å². The van der Waals surface area contributed by atoms with Crippen LogP contribution in [0.4, 0.5) is 4.39 Å². The molecule has 1 aromatic heterocycles. The highest BCUT2D eigenvalue weighted by Gasteiger charge is 2.24. The molecule has 1 saturated heterocycles. The number of rotatable bonds is 7. The third-order valence-electron chi connectivity index (χ3n) is 5.88. The highest BCUT2D eigenvalue weighted by atomic mass is 32.2. The lowest BCUT2D eigenvalue weighted by atomic mass is 9.97. The maximum absolute atomic E-state index is 13.9. The van der Waals surface area contributed by atoms with E-state index < -0.39 is 10.0 Å². The molecule has 0 spiro atoms. The van der Waals surface area contributed by atoms with Gasteiger partial charge in [0.1, 0.15) is 5.82 Å². The van der Waals surface area contributed by atoms with Crippen molar-refractivity contribution in [1.82, 2.24) is 19.8 Å². The number of nitrogens with one attached hydrogen (secondary N) is 1. The van der Waals surface area contributed by atoms with Crippen LogP contribution in [0.1, 0.15) is 29.9 Å². The third kappa shape index (κ3) is 5.23. The lowest BCUT2D eigenvalue weighted by molar-refractivity contribution is 0.177. The van der Waals surface area contributed by atoms with Crippen molar-refractivity contribution in [3.63, 3.8) is 0 Å². The van der Waals surface area contributed by atoms with Crippen LogP contribution in [0, 0.1) is 25.6 Å². The zero-order valence-corrected chi connectivity index (χ0v) is 19.0. The second-order valence-electron chi connectivity index (χ2n) is 8.28. The van der Waals surface area contributed by atoms with Crippen molar-refractivity contribution in [2.24, 2.45) is 5.92 Å². The van der Waals surface area contributed by atoms with Gasteiger partial charge in [0, 0.05) is 31.1 Å². The minimum Gasteiger partial charge on any atom is -0.339 e. The number of halogens is 1. The molecule has 170 valence electrons. The molecule has 3 aromatic rings. The molecule has 9 heteroatoms. The summed E-state index contributed by atoms with van der Waals surface area (Å²) >= 11 is 0. The number of piperidine rings is 1. The van der Waals surface area contributed by atoms with Gasteiger partial charge in [-0.1, -0.05) is 35.5 Å². The highest BCUT2D eigenvalue weighted by molar-refractivity contribution is 7.89. The number of sulfonamides is 1. The Morgan fingerprint density at radius 3 is 2.59 bits per heavy atom. The largest absolute Gasteiger partial charge is 0.339 e. The Hall–Kier alpha value is -2.62. The van der Waals surface area contributed by atoms with Gasteiger partial charge in [-0.05, 0) is 56.5 Å². The van der Waals surface area contributed by atoms with Gasteiger partial charge in [-0.15, -0.1) is 0 Å². The summed E-state index contributed by atoms with van der Waals surface area (Å²) in [7, 11) is -3.68. The van der Waals surface area contributed by atoms with Gasteiger partial charge in [-0.25, -0.2) is 17.5 Å². The van der Waals surface area contributed by atoms with Gasteiger partial charge < -0.3 is 4.52 Å². The summed E-state index contributed by atoms with van der Waals surface area (Å²) in [5, 5.41) is 3.87. The number of benzene rings is 2. The molecule has 0 unspecified atom stereocenters. The first-order valence-electron chi connectivity index (χ1n) is 10.7. The van der Waals surface area contributed by atoms with Crippen molar-refractivity contribution in [2.75, 3.05) is 19.6 Å². The number of aryl methyl sites for hydroxylation is 2. The summed E-state index contributed by atoms with van der Waals surface area (Å²) in [6, 6.07) is 11.9. The minimum absolute atomic E-state index is 0.184. The van der Waals surface area contributed by atoms with Gasteiger partial charge in [0.15, 0.2) is 0 Å². The predicted molar refractivity (Wildman–Crippen MR) is 119 cm³/mol. The van der Waals surface area contributed by atoms with E-state index in [1.165, 1.54) is 6.07 Å². The SMILES string of the molecule is Cc1nc(-c2ccc(C)c(S(=O)(=O)NCC3CCN(Cc4ccccc4F)CC3)c2)no1. The first kappa shape index (κ1) is 22.6. The van der Waals surface area contributed by atoms with E-state index in [0.717, 1.165) is 25.9 Å². The molecule has 0 amide bonds. The molecule has 4 rings (SSSR count). The molecule has 0 bridgehead atoms. The average molecular weight is 459 g/mol. The maximum Gasteiger partial charge on any atom is 0.240 e. The maximum atomic E-state index is 13.9. The lowest BCUT2D eigenvalue weighted by Gasteiger charge is -2.32. The normalized spacial score (nSPS) is 15.8. The van der Waals surface area contributed by atoms with E-state index in [1.54, 1.807) is 38.1 Å². The first-order chi connectivity index (χ1) is 15.3. The molecule has 7 nitrogen and oxygen atoms in total. The lowest BCUT2D eigenvalue weighted by Crippen LogP contribution is -2.38. The fourth-order valence-electron chi connectivity index (χ4n) is 3.97. The van der Waals surface area contributed by atoms with E-state index in [9.17, 15) is 12.8 Å². The van der Waals surface area contributed by atoms with Crippen LogP contribution >= 0.6 is 0 Å². The summed E-state index contributed by atoms with van der Waals surface area (Å²) in [6.07, 6.45) is 1.72. The quantitative estimate of drug-likeness (QED) is 0.581. The van der Waals surface area contributed by atoms with Crippen LogP contribution in [0.3, 0.4) is 0 Å². The topological polar surface area (TPSA) is 88.3 Å². The average Bonchev–Trinajstić information content (AvgIpc) is 3.21. The van der Waals surface area contributed by atoms with Crippen molar-refractivity contribution in [2.45, 2.75) is 38.1 Å². The molecule has 2 aromatic carbocycles. The Morgan fingerprint density at radius 2 is 1.91 bits per heavy atom. The standard InChI is InChI=1S/C23H27FN4O3S/c1-16-7-8-19(23-26-17(2)31-27-23)13-22(16)32(29,30)25-14-18-9-11-28(12-10-18)15-20-5-3-4-6-21(20)24/h3-8,13,18,25H,9-12,14-15H2,1-2H3. The van der Waals surface area contributed by atoms with Crippen LogP contribution in [0.15, 0.2) is 51.9 Å². The van der Waals surface area contributed by atoms with Crippen molar-refractivity contribution >= 4 is 10.0 Å². The second-order valence-corrected chi connectivity index (χ2v) is 10.0. The molecule has 1 aliphatic heterocycles. The highest BCUT2D eigenvalue weighted by Crippen LogP contribution is 2.24. The van der Waals surface area contributed by atoms with Crippen molar-refractivity contribution in [3.05, 3.63) is 65.3 Å². The Morgan fingerprint density at radius 1 is 1.16 bits per heavy atom. The number of hydrogen-bond donors (Lipinski definition) is 1. The third-order valence-corrected chi connectivity index (χ3v) is 7.45. The molecule has 2 heterocycles. The molecule has 0 saturated carbocycles. The molecular weight excluding hydrogens is 431 g/mol. The van der Waals surface area contributed by atoms with Gasteiger partial charge in [0.2, 0.25) is 21.7 Å². The van der Waals surface area contributed by atoms with Crippen molar-refractivity contribution in [3.8, 4) is 11.4 Å². The van der Waals surface area contributed by atoms with E-state index in [2.05, 4.69) is 19.8 Å². The predicted octanol–water partition coefficient (Wildman–Crippen LogP) is 3.68. The summed E-state index contributed by atoms with van der Waals surface area (Å²) < 4.78 is 47.7. The Kier molecular flexibility index (Phi) is 6.68. The van der Waals surface area contributed by atoms with E-state index in [4.69, 9.17) is 4.52 Å². The molecule has 0 aliphatic carbocycles. The number of likely N-dealkylation sites (tertiary alicyclic amines) is 1. The molecule has 1 N–H and O–H groups in total. The molecular formula is C23H27FN4O3S. The van der Waals surface area contributed by atoms with Crippen LogP contribution in [0.2, 0.25) is 0 Å². The monoisotopic (exact) mass is 458 g/mol. The van der Waals surface area contributed by atoms with Gasteiger partial charge in [-0.2, -0.15) is 4.98 Å². The van der Waals surface area contributed by atoms with Gasteiger partial charge in [0.25, 0.3) is 0 Å². The summed E-state index contributed by atoms with van der Waals surface area (Å²) in [6.45, 7) is 6.03. The number of hydrogen-bond acceptors (Lipinski definition) is 6. The molecule has 1 fully saturated rings. The van der Waals surface area contributed by atoms with Gasteiger partial charge >= 0.3 is 0 Å². The van der Waals surface area contributed by atoms with Crippen LogP contribution in [0.25, 0.3) is 11.4 Å². The molecule has 32 heavy (non-hydrogen) atoms. The summed E-state index contributed by atoms with van der Waals surface area (Å²) in [4.78, 5) is 6.60. The van der Waals surface area contributed by atoms with Crippen LogP contribution in [-0.4, -0.2) is 43.1 Å². The Balaban J connectivity index is 1.35. The van der Waals surface area contributed by atoms with E-state index >= 15 is 0 Å². The van der Waals surface area contributed by atoms with Crippen LogP contribution in [0.5, 0.6) is 0 Å². The van der Waals surface area contributed by atoms with E-state index in [0.29, 0.717) is 41.5 Å².